The van der Waals surface area contributed by atoms with Crippen LogP contribution < -0.4 is 5.73 Å². The Morgan fingerprint density at radius 3 is 2.75 bits per heavy atom. The third-order valence-electron chi connectivity index (χ3n) is 1.72. The van der Waals surface area contributed by atoms with Crippen LogP contribution in [0.15, 0.2) is 10.8 Å². The molecule has 2 rings (SSSR count). The number of fused-ring (bicyclic) bond motifs is 1. The molecule has 0 aliphatic carbocycles. The Labute approximate surface area is 77.6 Å². The molecule has 0 saturated heterocycles. The fourth-order valence-electron chi connectivity index (χ4n) is 1.14. The average Bonchev–Trinajstić information content (AvgIpc) is 2.53. The van der Waals surface area contributed by atoms with Crippen molar-refractivity contribution >= 4 is 43.5 Å². The van der Waals surface area contributed by atoms with Gasteiger partial charge in [-0.25, -0.2) is 0 Å². The van der Waals surface area contributed by atoms with E-state index in [-0.39, 0.29) is 5.78 Å². The van der Waals surface area contributed by atoms with Crippen molar-refractivity contribution in [3.8, 4) is 0 Å². The molecule has 4 heteroatoms. The fourth-order valence-corrected chi connectivity index (χ4v) is 3.20. The van der Waals surface area contributed by atoms with E-state index in [0.29, 0.717) is 0 Å². The molecule has 0 atom stereocenters. The molecule has 0 amide bonds. The Morgan fingerprint density at radius 1 is 1.42 bits per heavy atom. The predicted molar refractivity (Wildman–Crippen MR) is 54.1 cm³/mol. The second kappa shape index (κ2) is 2.57. The smallest absolute Gasteiger partial charge is 0.161 e. The van der Waals surface area contributed by atoms with Crippen LogP contribution in [0.2, 0.25) is 0 Å². The summed E-state index contributed by atoms with van der Waals surface area (Å²) in [5, 5.41) is 4.70. The maximum Gasteiger partial charge on any atom is 0.161 e. The number of thiophene rings is 2. The van der Waals surface area contributed by atoms with E-state index in [1.54, 1.807) is 29.6 Å². The lowest BCUT2D eigenvalue weighted by Crippen LogP contribution is -1.90. The van der Waals surface area contributed by atoms with E-state index < -0.39 is 0 Å². The maximum absolute atomic E-state index is 11.1. The first-order valence-corrected chi connectivity index (χ1v) is 5.21. The van der Waals surface area contributed by atoms with Crippen LogP contribution in [-0.2, 0) is 0 Å². The highest BCUT2D eigenvalue weighted by Crippen LogP contribution is 2.36. The van der Waals surface area contributed by atoms with Crippen LogP contribution >= 0.6 is 22.7 Å². The molecule has 2 N–H and O–H groups in total. The number of Topliss-reactive ketones (excluding diaryl/α,β-unsaturated/α-hetero) is 1. The number of nitrogens with two attached hydrogens (primary N) is 1. The van der Waals surface area contributed by atoms with Crippen LogP contribution in [0.4, 0.5) is 5.69 Å². The molecule has 0 fully saturated rings. The summed E-state index contributed by atoms with van der Waals surface area (Å²) in [7, 11) is 0. The summed E-state index contributed by atoms with van der Waals surface area (Å²) in [5.74, 6) is 0.0892. The van der Waals surface area contributed by atoms with Crippen LogP contribution in [0.1, 0.15) is 17.3 Å². The molecule has 2 aromatic heterocycles. The molecule has 0 bridgehead atoms. The molecule has 2 heterocycles. The van der Waals surface area contributed by atoms with Gasteiger partial charge in [-0.1, -0.05) is 0 Å². The first-order valence-electron chi connectivity index (χ1n) is 3.45. The SMILES string of the molecule is CC(=O)c1csc2scc(N)c12. The van der Waals surface area contributed by atoms with Crippen LogP contribution in [0.5, 0.6) is 0 Å². The molecular weight excluding hydrogens is 190 g/mol. The van der Waals surface area contributed by atoms with Gasteiger partial charge in [0.1, 0.15) is 0 Å². The minimum Gasteiger partial charge on any atom is -0.398 e. The van der Waals surface area contributed by atoms with E-state index in [2.05, 4.69) is 0 Å². The molecule has 2 nitrogen and oxygen atoms in total. The van der Waals surface area contributed by atoms with Gasteiger partial charge in [0.2, 0.25) is 0 Å². The lowest BCUT2D eigenvalue weighted by atomic mass is 10.2. The Bertz CT molecular complexity index is 441. The third kappa shape index (κ3) is 0.956. The summed E-state index contributed by atoms with van der Waals surface area (Å²) in [6.45, 7) is 1.57. The topological polar surface area (TPSA) is 43.1 Å². The molecule has 0 radical (unpaired) electrons. The Balaban J connectivity index is 2.83. The van der Waals surface area contributed by atoms with Crippen molar-refractivity contribution in [3.05, 3.63) is 16.3 Å². The quantitative estimate of drug-likeness (QED) is 0.714. The highest BCUT2D eigenvalue weighted by atomic mass is 32.2. The molecule has 0 aliphatic heterocycles. The van der Waals surface area contributed by atoms with Crippen molar-refractivity contribution in [1.82, 2.24) is 0 Å². The lowest BCUT2D eigenvalue weighted by molar-refractivity contribution is 0.101. The van der Waals surface area contributed by atoms with Crippen LogP contribution in [0.25, 0.3) is 9.40 Å². The number of hydrogen-bond acceptors (Lipinski definition) is 4. The Morgan fingerprint density at radius 2 is 2.08 bits per heavy atom. The van der Waals surface area contributed by atoms with Crippen LogP contribution in [0.3, 0.4) is 0 Å². The standard InChI is InChI=1S/C8H7NOS2/c1-4(10)5-2-11-8-7(5)6(9)3-12-8/h2-3H,9H2,1H3. The predicted octanol–water partition coefficient (Wildman–Crippen LogP) is 2.75. The largest absolute Gasteiger partial charge is 0.398 e. The second-order valence-corrected chi connectivity index (χ2v) is 4.58. The highest BCUT2D eigenvalue weighted by Gasteiger charge is 2.11. The van der Waals surface area contributed by atoms with Crippen molar-refractivity contribution in [2.75, 3.05) is 5.73 Å². The molecule has 2 aromatic rings. The fraction of sp³-hybridized carbons (Fsp3) is 0.125. The van der Waals surface area contributed by atoms with E-state index in [4.69, 9.17) is 5.73 Å². The number of rotatable bonds is 1. The zero-order valence-electron chi connectivity index (χ0n) is 6.46. The lowest BCUT2D eigenvalue weighted by Gasteiger charge is -1.89. The van der Waals surface area contributed by atoms with E-state index in [9.17, 15) is 4.79 Å². The number of ketones is 1. The molecule has 0 aliphatic rings. The minimum absolute atomic E-state index is 0.0892. The molecule has 0 spiro atoms. The Hall–Kier alpha value is -0.870. The first-order chi connectivity index (χ1) is 5.70. The van der Waals surface area contributed by atoms with Crippen molar-refractivity contribution < 1.29 is 4.79 Å². The number of anilines is 1. The van der Waals surface area contributed by atoms with Crippen LogP contribution in [0, 0.1) is 0 Å². The summed E-state index contributed by atoms with van der Waals surface area (Å²) in [5.41, 5.74) is 7.21. The van der Waals surface area contributed by atoms with E-state index in [0.717, 1.165) is 20.7 Å². The van der Waals surface area contributed by atoms with Gasteiger partial charge in [-0.15, -0.1) is 22.7 Å². The highest BCUT2D eigenvalue weighted by molar-refractivity contribution is 7.37. The van der Waals surface area contributed by atoms with Crippen molar-refractivity contribution in [2.24, 2.45) is 0 Å². The van der Waals surface area contributed by atoms with E-state index >= 15 is 0 Å². The number of hydrogen-bond donors (Lipinski definition) is 1. The minimum atomic E-state index is 0.0892. The summed E-state index contributed by atoms with van der Waals surface area (Å²) >= 11 is 3.17. The van der Waals surface area contributed by atoms with Gasteiger partial charge in [-0.3, -0.25) is 4.79 Å². The van der Waals surface area contributed by atoms with Gasteiger partial charge in [0, 0.05) is 21.7 Å². The summed E-state index contributed by atoms with van der Waals surface area (Å²) in [6, 6.07) is 0. The summed E-state index contributed by atoms with van der Waals surface area (Å²) < 4.78 is 1.14. The molecule has 0 aromatic carbocycles. The van der Waals surface area contributed by atoms with Gasteiger partial charge in [0.15, 0.2) is 5.78 Å². The summed E-state index contributed by atoms with van der Waals surface area (Å²) in [6.07, 6.45) is 0. The molecule has 12 heavy (non-hydrogen) atoms. The molecular formula is C8H7NOS2. The third-order valence-corrected chi connectivity index (χ3v) is 3.86. The molecule has 0 unspecified atom stereocenters. The van der Waals surface area contributed by atoms with Gasteiger partial charge in [0.05, 0.1) is 9.70 Å². The van der Waals surface area contributed by atoms with Gasteiger partial charge >= 0.3 is 0 Å². The average molecular weight is 197 g/mol. The number of carbonyl (C=O) groups is 1. The van der Waals surface area contributed by atoms with E-state index in [1.165, 1.54) is 0 Å². The second-order valence-electron chi connectivity index (χ2n) is 2.56. The first kappa shape index (κ1) is 7.76. The van der Waals surface area contributed by atoms with Gasteiger partial charge < -0.3 is 5.73 Å². The van der Waals surface area contributed by atoms with Gasteiger partial charge in [-0.05, 0) is 6.92 Å². The van der Waals surface area contributed by atoms with Gasteiger partial charge in [-0.2, -0.15) is 0 Å². The zero-order valence-corrected chi connectivity index (χ0v) is 8.09. The number of nitrogen functional groups attached to an aromatic ring is 1. The van der Waals surface area contributed by atoms with Gasteiger partial charge in [0.25, 0.3) is 0 Å². The Kier molecular flexibility index (Phi) is 1.66. The molecule has 62 valence electrons. The number of carbonyl (C=O) groups excluding carboxylic acids is 1. The van der Waals surface area contributed by atoms with Crippen LogP contribution in [-0.4, -0.2) is 5.78 Å². The normalized spacial score (nSPS) is 10.8. The van der Waals surface area contributed by atoms with Crippen molar-refractivity contribution in [2.45, 2.75) is 6.92 Å². The maximum atomic E-state index is 11.1. The monoisotopic (exact) mass is 197 g/mol. The van der Waals surface area contributed by atoms with Crippen molar-refractivity contribution in [3.63, 3.8) is 0 Å². The zero-order chi connectivity index (χ0) is 8.72. The van der Waals surface area contributed by atoms with E-state index in [1.807, 2.05) is 10.8 Å². The summed E-state index contributed by atoms with van der Waals surface area (Å²) in [4.78, 5) is 11.1. The van der Waals surface area contributed by atoms with Crippen molar-refractivity contribution in [1.29, 1.82) is 0 Å². The molecule has 0 saturated carbocycles.